The van der Waals surface area contributed by atoms with Gasteiger partial charge in [-0.3, -0.25) is 14.7 Å². The maximum atomic E-state index is 12.4. The Balaban J connectivity index is 1.43. The summed E-state index contributed by atoms with van der Waals surface area (Å²) in [5.74, 6) is 1.08. The summed E-state index contributed by atoms with van der Waals surface area (Å²) in [6.45, 7) is 4.47. The van der Waals surface area contributed by atoms with Crippen molar-refractivity contribution in [2.75, 3.05) is 18.6 Å². The highest BCUT2D eigenvalue weighted by atomic mass is 32.2. The molecule has 0 spiro atoms. The van der Waals surface area contributed by atoms with Crippen molar-refractivity contribution >= 4 is 23.5 Å². The third-order valence-corrected chi connectivity index (χ3v) is 6.49. The van der Waals surface area contributed by atoms with Crippen LogP contribution in [0.15, 0.2) is 57.4 Å². The first-order valence-corrected chi connectivity index (χ1v) is 11.9. The third-order valence-electron chi connectivity index (χ3n) is 5.01. The highest BCUT2D eigenvalue weighted by Gasteiger charge is 2.21. The second kappa shape index (κ2) is 9.15. The lowest BCUT2D eigenvalue weighted by molar-refractivity contribution is 0.240. The van der Waals surface area contributed by atoms with Crippen molar-refractivity contribution < 1.29 is 0 Å². The summed E-state index contributed by atoms with van der Waals surface area (Å²) in [5, 5.41) is 0.698. The summed E-state index contributed by atoms with van der Waals surface area (Å²) in [7, 11) is 0. The number of hydrogen-bond donors (Lipinski definition) is 1. The van der Waals surface area contributed by atoms with Crippen LogP contribution in [-0.2, 0) is 19.5 Å². The molecule has 4 rings (SSSR count). The predicted octanol–water partition coefficient (Wildman–Crippen LogP) is 4.22. The zero-order valence-corrected chi connectivity index (χ0v) is 18.3. The minimum absolute atomic E-state index is 0.0118. The molecule has 1 N–H and O–H groups in total. The van der Waals surface area contributed by atoms with Crippen LogP contribution in [0, 0.1) is 0 Å². The lowest BCUT2D eigenvalue weighted by Gasteiger charge is -2.27. The van der Waals surface area contributed by atoms with E-state index in [4.69, 9.17) is 0 Å². The lowest BCUT2D eigenvalue weighted by atomic mass is 10.1. The molecule has 29 heavy (non-hydrogen) atoms. The van der Waals surface area contributed by atoms with Crippen LogP contribution in [-0.4, -0.2) is 38.4 Å². The first-order valence-electron chi connectivity index (χ1n) is 9.73. The van der Waals surface area contributed by atoms with Crippen LogP contribution < -0.4 is 5.56 Å². The quantitative estimate of drug-likeness (QED) is 0.472. The number of aromatic nitrogens is 3. The molecule has 1 aliphatic rings. The molecule has 150 valence electrons. The van der Waals surface area contributed by atoms with Crippen LogP contribution >= 0.6 is 23.5 Å². The van der Waals surface area contributed by atoms with Gasteiger partial charge in [0.25, 0.3) is 5.56 Å². The molecule has 0 fully saturated rings. The summed E-state index contributed by atoms with van der Waals surface area (Å²) in [4.78, 5) is 28.0. The number of benzene rings is 1. The van der Waals surface area contributed by atoms with Gasteiger partial charge >= 0.3 is 0 Å². The van der Waals surface area contributed by atoms with Crippen molar-refractivity contribution in [2.24, 2.45) is 0 Å². The molecule has 3 aromatic rings. The minimum atomic E-state index is -0.0118. The van der Waals surface area contributed by atoms with Gasteiger partial charge in [-0.25, -0.2) is 4.98 Å². The first-order chi connectivity index (χ1) is 14.2. The maximum absolute atomic E-state index is 12.4. The monoisotopic (exact) mass is 424 g/mol. The maximum Gasteiger partial charge on any atom is 0.256 e. The average molecular weight is 425 g/mol. The number of rotatable bonds is 6. The number of hydrogen-bond acceptors (Lipinski definition) is 6. The topological polar surface area (TPSA) is 61.9 Å². The summed E-state index contributed by atoms with van der Waals surface area (Å²) in [5.41, 5.74) is 4.99. The van der Waals surface area contributed by atoms with Gasteiger partial charge in [0, 0.05) is 42.7 Å². The standard InChI is InChI=1S/C22H24N4OS2/c1-3-29-17-7-5-16(6-8-17)19-9-4-15(12-23-19)13-26-11-10-20-18(14-26)21(27)25-22(24-20)28-2/h4-9,12H,3,10-11,13-14H2,1-2H3,(H,24,25,27). The van der Waals surface area contributed by atoms with Crippen molar-refractivity contribution in [1.29, 1.82) is 0 Å². The van der Waals surface area contributed by atoms with E-state index in [1.165, 1.54) is 16.7 Å². The molecule has 0 saturated carbocycles. The van der Waals surface area contributed by atoms with E-state index in [1.807, 2.05) is 24.2 Å². The van der Waals surface area contributed by atoms with Gasteiger partial charge in [-0.2, -0.15) is 0 Å². The number of fused-ring (bicyclic) bond motifs is 1. The van der Waals surface area contributed by atoms with Crippen molar-refractivity contribution in [2.45, 2.75) is 36.5 Å². The van der Waals surface area contributed by atoms with Gasteiger partial charge < -0.3 is 4.98 Å². The number of H-pyrrole nitrogens is 1. The number of nitrogens with zero attached hydrogens (tertiary/aromatic N) is 3. The first kappa shape index (κ1) is 20.2. The summed E-state index contributed by atoms with van der Waals surface area (Å²) in [6.07, 6.45) is 4.67. The largest absolute Gasteiger partial charge is 0.301 e. The van der Waals surface area contributed by atoms with Gasteiger partial charge in [-0.1, -0.05) is 36.9 Å². The van der Waals surface area contributed by atoms with Crippen LogP contribution in [0.25, 0.3) is 11.3 Å². The highest BCUT2D eigenvalue weighted by molar-refractivity contribution is 7.99. The Hall–Kier alpha value is -2.09. The highest BCUT2D eigenvalue weighted by Crippen LogP contribution is 2.24. The van der Waals surface area contributed by atoms with E-state index in [0.717, 1.165) is 53.3 Å². The molecule has 7 heteroatoms. The minimum Gasteiger partial charge on any atom is -0.301 e. The molecule has 0 unspecified atom stereocenters. The Morgan fingerprint density at radius 2 is 2.00 bits per heavy atom. The van der Waals surface area contributed by atoms with E-state index in [2.05, 4.69) is 63.2 Å². The van der Waals surface area contributed by atoms with Crippen molar-refractivity contribution in [3.63, 3.8) is 0 Å². The van der Waals surface area contributed by atoms with Gasteiger partial charge in [-0.15, -0.1) is 11.8 Å². The molecule has 5 nitrogen and oxygen atoms in total. The van der Waals surface area contributed by atoms with Gasteiger partial charge in [0.1, 0.15) is 0 Å². The zero-order chi connectivity index (χ0) is 20.2. The fourth-order valence-electron chi connectivity index (χ4n) is 3.53. The molecule has 0 atom stereocenters. The Morgan fingerprint density at radius 1 is 1.17 bits per heavy atom. The second-order valence-electron chi connectivity index (χ2n) is 6.97. The molecule has 1 aliphatic heterocycles. The molecule has 0 amide bonds. The van der Waals surface area contributed by atoms with Gasteiger partial charge in [0.05, 0.1) is 17.0 Å². The molecule has 0 bridgehead atoms. The van der Waals surface area contributed by atoms with Gasteiger partial charge in [0.15, 0.2) is 5.16 Å². The Kier molecular flexibility index (Phi) is 6.37. The molecule has 1 aromatic carbocycles. The van der Waals surface area contributed by atoms with E-state index in [1.54, 1.807) is 0 Å². The van der Waals surface area contributed by atoms with Gasteiger partial charge in [-0.05, 0) is 35.8 Å². The summed E-state index contributed by atoms with van der Waals surface area (Å²) < 4.78 is 0. The van der Waals surface area contributed by atoms with E-state index < -0.39 is 0 Å². The predicted molar refractivity (Wildman–Crippen MR) is 121 cm³/mol. The smallest absolute Gasteiger partial charge is 0.256 e. The van der Waals surface area contributed by atoms with E-state index in [0.29, 0.717) is 11.7 Å². The summed E-state index contributed by atoms with van der Waals surface area (Å²) >= 11 is 3.32. The SMILES string of the molecule is CCSc1ccc(-c2ccc(CN3CCc4nc(SC)[nH]c(=O)c4C3)cn2)cc1. The molecule has 3 heterocycles. The number of pyridine rings is 1. The number of thioether (sulfide) groups is 2. The number of aromatic amines is 1. The molecular formula is C22H24N4OS2. The van der Waals surface area contributed by atoms with Crippen molar-refractivity contribution in [1.82, 2.24) is 19.9 Å². The molecule has 0 aliphatic carbocycles. The molecule has 0 saturated heterocycles. The number of nitrogens with one attached hydrogen (secondary N) is 1. The van der Waals surface area contributed by atoms with Crippen LogP contribution in [0.1, 0.15) is 23.7 Å². The lowest BCUT2D eigenvalue weighted by Crippen LogP contribution is -2.35. The van der Waals surface area contributed by atoms with Crippen molar-refractivity contribution in [3.05, 3.63) is 69.8 Å². The molecule has 0 radical (unpaired) electrons. The van der Waals surface area contributed by atoms with E-state index in [9.17, 15) is 4.79 Å². The second-order valence-corrected chi connectivity index (χ2v) is 9.10. The fraction of sp³-hybridized carbons (Fsp3) is 0.318. The normalized spacial score (nSPS) is 14.0. The third kappa shape index (κ3) is 4.74. The van der Waals surface area contributed by atoms with Crippen LogP contribution in [0.3, 0.4) is 0 Å². The van der Waals surface area contributed by atoms with Crippen LogP contribution in [0.5, 0.6) is 0 Å². The van der Waals surface area contributed by atoms with Gasteiger partial charge in [0.2, 0.25) is 0 Å². The fourth-order valence-corrected chi connectivity index (χ4v) is 4.58. The Bertz CT molecular complexity index is 1030. The average Bonchev–Trinajstić information content (AvgIpc) is 2.75. The van der Waals surface area contributed by atoms with E-state index in [-0.39, 0.29) is 5.56 Å². The Morgan fingerprint density at radius 3 is 2.69 bits per heavy atom. The zero-order valence-electron chi connectivity index (χ0n) is 16.6. The Labute approximate surface area is 179 Å². The van der Waals surface area contributed by atoms with Crippen molar-refractivity contribution in [3.8, 4) is 11.3 Å². The molecular weight excluding hydrogens is 400 g/mol. The molecule has 2 aromatic heterocycles. The summed E-state index contributed by atoms with van der Waals surface area (Å²) in [6, 6.07) is 12.8. The van der Waals surface area contributed by atoms with Crippen LogP contribution in [0.4, 0.5) is 0 Å². The van der Waals surface area contributed by atoms with Crippen LogP contribution in [0.2, 0.25) is 0 Å². The van der Waals surface area contributed by atoms with E-state index >= 15 is 0 Å².